The predicted molar refractivity (Wildman–Crippen MR) is 111 cm³/mol. The van der Waals surface area contributed by atoms with Crippen LogP contribution in [0.25, 0.3) is 11.1 Å². The van der Waals surface area contributed by atoms with Crippen molar-refractivity contribution in [2.24, 2.45) is 0 Å². The number of fused-ring (bicyclic) bond motifs is 3. The van der Waals surface area contributed by atoms with Crippen LogP contribution in [0.4, 0.5) is 0 Å². The van der Waals surface area contributed by atoms with E-state index in [1.165, 1.54) is 22.3 Å². The average molecular weight is 337 g/mol. The zero-order chi connectivity index (χ0) is 17.9. The summed E-state index contributed by atoms with van der Waals surface area (Å²) < 4.78 is 0. The standard InChI is InChI=1S/C23H32Si/c1-22(2,3)16-9-10-17-15(13-16)14-19-18(17)11-12-20(23(4,5)6)21(19)24(7)8/h9-13,24H,14H2,1-8H3. The molecule has 0 spiro atoms. The van der Waals surface area contributed by atoms with Crippen LogP contribution in [0.15, 0.2) is 30.3 Å². The summed E-state index contributed by atoms with van der Waals surface area (Å²) in [6, 6.07) is 12.0. The van der Waals surface area contributed by atoms with E-state index in [-0.39, 0.29) is 10.8 Å². The molecule has 0 aromatic heterocycles. The first-order chi connectivity index (χ1) is 11.0. The van der Waals surface area contributed by atoms with Crippen LogP contribution >= 0.6 is 0 Å². The Morgan fingerprint density at radius 1 is 0.792 bits per heavy atom. The third kappa shape index (κ3) is 2.88. The molecule has 0 bridgehead atoms. The van der Waals surface area contributed by atoms with E-state index < -0.39 is 8.80 Å². The Morgan fingerprint density at radius 3 is 1.96 bits per heavy atom. The van der Waals surface area contributed by atoms with Gasteiger partial charge in [0.05, 0.1) is 8.80 Å². The normalized spacial score (nSPS) is 14.0. The zero-order valence-corrected chi connectivity index (χ0v) is 17.8. The number of hydrogen-bond donors (Lipinski definition) is 0. The minimum atomic E-state index is -0.890. The fraction of sp³-hybridized carbons (Fsp3) is 0.478. The van der Waals surface area contributed by atoms with Gasteiger partial charge in [-0.1, -0.05) is 90.2 Å². The summed E-state index contributed by atoms with van der Waals surface area (Å²) in [7, 11) is -0.890. The number of hydrogen-bond acceptors (Lipinski definition) is 0. The van der Waals surface area contributed by atoms with Crippen LogP contribution in [0.5, 0.6) is 0 Å². The van der Waals surface area contributed by atoms with E-state index in [1.807, 2.05) is 0 Å². The van der Waals surface area contributed by atoms with Crippen molar-refractivity contribution >= 4 is 14.0 Å². The van der Waals surface area contributed by atoms with Crippen LogP contribution < -0.4 is 5.19 Å². The highest BCUT2D eigenvalue weighted by Gasteiger charge is 2.29. The molecule has 1 aliphatic rings. The van der Waals surface area contributed by atoms with Gasteiger partial charge in [0.2, 0.25) is 0 Å². The van der Waals surface area contributed by atoms with Crippen LogP contribution in [-0.4, -0.2) is 8.80 Å². The van der Waals surface area contributed by atoms with Gasteiger partial charge in [-0.25, -0.2) is 0 Å². The van der Waals surface area contributed by atoms with Gasteiger partial charge in [-0.15, -0.1) is 0 Å². The van der Waals surface area contributed by atoms with Crippen molar-refractivity contribution in [2.75, 3.05) is 0 Å². The van der Waals surface area contributed by atoms with Crippen molar-refractivity contribution in [3.8, 4) is 11.1 Å². The highest BCUT2D eigenvalue weighted by molar-refractivity contribution is 6.72. The molecule has 0 amide bonds. The molecule has 1 heteroatoms. The Hall–Kier alpha value is -1.34. The summed E-state index contributed by atoms with van der Waals surface area (Å²) >= 11 is 0. The number of rotatable bonds is 1. The van der Waals surface area contributed by atoms with Gasteiger partial charge in [0.25, 0.3) is 0 Å². The van der Waals surface area contributed by atoms with Crippen molar-refractivity contribution in [3.05, 3.63) is 52.6 Å². The lowest BCUT2D eigenvalue weighted by Gasteiger charge is -2.27. The van der Waals surface area contributed by atoms with Gasteiger partial charge < -0.3 is 0 Å². The van der Waals surface area contributed by atoms with E-state index >= 15 is 0 Å². The summed E-state index contributed by atoms with van der Waals surface area (Å²) in [4.78, 5) is 0. The van der Waals surface area contributed by atoms with E-state index in [9.17, 15) is 0 Å². The highest BCUT2D eigenvalue weighted by atomic mass is 28.3. The van der Waals surface area contributed by atoms with E-state index in [4.69, 9.17) is 0 Å². The molecule has 0 unspecified atom stereocenters. The Balaban J connectivity index is 2.19. The largest absolute Gasteiger partial charge is 0.0682 e. The summed E-state index contributed by atoms with van der Waals surface area (Å²) in [5, 5.41) is 1.72. The first-order valence-corrected chi connectivity index (χ1v) is 12.2. The van der Waals surface area contributed by atoms with Crippen LogP contribution in [-0.2, 0) is 17.3 Å². The third-order valence-electron chi connectivity index (χ3n) is 5.37. The maximum Gasteiger partial charge on any atom is 0.0655 e. The fourth-order valence-electron chi connectivity index (χ4n) is 4.08. The molecule has 0 aliphatic heterocycles. The van der Waals surface area contributed by atoms with Crippen molar-refractivity contribution in [1.29, 1.82) is 0 Å². The van der Waals surface area contributed by atoms with E-state index in [0.717, 1.165) is 6.42 Å². The van der Waals surface area contributed by atoms with E-state index in [0.29, 0.717) is 0 Å². The van der Waals surface area contributed by atoms with Crippen molar-refractivity contribution in [3.63, 3.8) is 0 Å². The highest BCUT2D eigenvalue weighted by Crippen LogP contribution is 2.40. The van der Waals surface area contributed by atoms with Gasteiger partial charge in [-0.3, -0.25) is 0 Å². The Kier molecular flexibility index (Phi) is 4.07. The summed E-state index contributed by atoms with van der Waals surface area (Å²) in [5.41, 5.74) is 9.59. The predicted octanol–water partition coefficient (Wildman–Crippen LogP) is 5.55. The molecule has 0 radical (unpaired) electrons. The SMILES string of the molecule is C[SiH](C)c1c(C(C)(C)C)ccc2c1Cc1cc(C(C)(C)C)ccc1-2. The quantitative estimate of drug-likeness (QED) is 0.511. The second kappa shape index (κ2) is 5.59. The molecule has 0 saturated heterocycles. The maximum atomic E-state index is 2.48. The Bertz CT molecular complexity index is 783. The molecule has 3 rings (SSSR count). The Labute approximate surface area is 149 Å². The van der Waals surface area contributed by atoms with Gasteiger partial charge in [0.1, 0.15) is 0 Å². The molecule has 0 saturated carbocycles. The molecule has 0 fully saturated rings. The molecule has 0 heterocycles. The lowest BCUT2D eigenvalue weighted by Crippen LogP contribution is -2.35. The number of benzene rings is 2. The molecular formula is C23H32Si. The van der Waals surface area contributed by atoms with Crippen LogP contribution in [0, 0.1) is 0 Å². The molecular weight excluding hydrogens is 304 g/mol. The second-order valence-corrected chi connectivity index (χ2v) is 12.6. The first-order valence-electron chi connectivity index (χ1n) is 9.30. The summed E-state index contributed by atoms with van der Waals surface area (Å²) in [6.07, 6.45) is 1.12. The minimum Gasteiger partial charge on any atom is -0.0682 e. The molecule has 24 heavy (non-hydrogen) atoms. The van der Waals surface area contributed by atoms with Gasteiger partial charge in [0, 0.05) is 0 Å². The first kappa shape index (κ1) is 17.5. The monoisotopic (exact) mass is 336 g/mol. The molecule has 1 aliphatic carbocycles. The van der Waals surface area contributed by atoms with E-state index in [1.54, 1.807) is 16.3 Å². The van der Waals surface area contributed by atoms with Crippen LogP contribution in [0.2, 0.25) is 13.1 Å². The third-order valence-corrected chi connectivity index (χ3v) is 7.19. The molecule has 0 nitrogen and oxygen atoms in total. The fourth-order valence-corrected chi connectivity index (χ4v) is 6.19. The van der Waals surface area contributed by atoms with Gasteiger partial charge in [0.15, 0.2) is 0 Å². The summed E-state index contributed by atoms with van der Waals surface area (Å²) in [6.45, 7) is 18.9. The molecule has 128 valence electrons. The van der Waals surface area contributed by atoms with Gasteiger partial charge in [-0.2, -0.15) is 0 Å². The van der Waals surface area contributed by atoms with Crippen molar-refractivity contribution < 1.29 is 0 Å². The van der Waals surface area contributed by atoms with Crippen molar-refractivity contribution in [1.82, 2.24) is 0 Å². The van der Waals surface area contributed by atoms with Gasteiger partial charge in [-0.05, 0) is 50.6 Å². The molecule has 2 aromatic carbocycles. The topological polar surface area (TPSA) is 0 Å². The molecule has 2 aromatic rings. The van der Waals surface area contributed by atoms with E-state index in [2.05, 4.69) is 85.0 Å². The molecule has 0 N–H and O–H groups in total. The minimum absolute atomic E-state index is 0.218. The zero-order valence-electron chi connectivity index (χ0n) is 16.7. The summed E-state index contributed by atoms with van der Waals surface area (Å²) in [5.74, 6) is 0. The van der Waals surface area contributed by atoms with Crippen LogP contribution in [0.1, 0.15) is 63.8 Å². The lowest BCUT2D eigenvalue weighted by molar-refractivity contribution is 0.590. The Morgan fingerprint density at radius 2 is 1.42 bits per heavy atom. The van der Waals surface area contributed by atoms with Crippen molar-refractivity contribution in [2.45, 2.75) is 71.9 Å². The van der Waals surface area contributed by atoms with Crippen LogP contribution in [0.3, 0.4) is 0 Å². The smallest absolute Gasteiger partial charge is 0.0655 e. The lowest BCUT2D eigenvalue weighted by atomic mass is 9.85. The molecule has 0 atom stereocenters. The maximum absolute atomic E-state index is 2.48. The average Bonchev–Trinajstić information content (AvgIpc) is 2.81. The van der Waals surface area contributed by atoms with Gasteiger partial charge >= 0.3 is 0 Å². The second-order valence-electron chi connectivity index (χ2n) is 9.76.